The van der Waals surface area contributed by atoms with Gasteiger partial charge in [0.25, 0.3) is 0 Å². The summed E-state index contributed by atoms with van der Waals surface area (Å²) < 4.78 is 18.8. The average Bonchev–Trinajstić information content (AvgIpc) is 3.38. The second-order valence-electron chi connectivity index (χ2n) is 7.39. The third-order valence-electron chi connectivity index (χ3n) is 5.70. The third-order valence-corrected chi connectivity index (χ3v) is 5.70. The van der Waals surface area contributed by atoms with Gasteiger partial charge in [-0.2, -0.15) is 0 Å². The molecule has 3 aliphatic heterocycles. The zero-order chi connectivity index (χ0) is 17.2. The van der Waals surface area contributed by atoms with Crippen LogP contribution in [0.25, 0.3) is 0 Å². The molecule has 7 nitrogen and oxygen atoms in total. The van der Waals surface area contributed by atoms with Crippen molar-refractivity contribution >= 4 is 17.8 Å². The molecule has 2 amide bonds. The number of aromatic nitrogens is 1. The molecular formula is C17H19FN4O3. The molecule has 4 aliphatic rings. The van der Waals surface area contributed by atoms with Gasteiger partial charge in [-0.1, -0.05) is 0 Å². The van der Waals surface area contributed by atoms with E-state index >= 15 is 0 Å². The van der Waals surface area contributed by atoms with Crippen LogP contribution in [0.15, 0.2) is 18.3 Å². The molecule has 4 heterocycles. The Hall–Kier alpha value is -2.38. The fourth-order valence-electron chi connectivity index (χ4n) is 4.13. The van der Waals surface area contributed by atoms with E-state index < -0.39 is 5.60 Å². The van der Waals surface area contributed by atoms with Crippen molar-refractivity contribution in [3.8, 4) is 0 Å². The van der Waals surface area contributed by atoms with Crippen LogP contribution in [0.4, 0.5) is 15.0 Å². The van der Waals surface area contributed by atoms with Crippen LogP contribution in [0, 0.1) is 11.7 Å². The van der Waals surface area contributed by atoms with Gasteiger partial charge < -0.3 is 14.5 Å². The number of carbonyl (C=O) groups is 2. The minimum atomic E-state index is -0.602. The molecule has 0 radical (unpaired) electrons. The molecule has 5 rings (SSSR count). The summed E-state index contributed by atoms with van der Waals surface area (Å²) in [6, 6.07) is 2.88. The van der Waals surface area contributed by atoms with E-state index in [1.807, 2.05) is 9.80 Å². The van der Waals surface area contributed by atoms with Crippen molar-refractivity contribution in [1.29, 1.82) is 0 Å². The smallest absolute Gasteiger partial charge is 0.411 e. The SMILES string of the molecule is O=C(C1CC1)N1CCN2C(=O)OC3(CN(c4ccc(F)cn4)C3)C2C1. The fraction of sp³-hybridized carbons (Fsp3) is 0.588. The Labute approximate surface area is 144 Å². The van der Waals surface area contributed by atoms with E-state index in [1.165, 1.54) is 12.3 Å². The number of hydrogen-bond acceptors (Lipinski definition) is 5. The second kappa shape index (κ2) is 5.06. The van der Waals surface area contributed by atoms with Crippen molar-refractivity contribution in [1.82, 2.24) is 14.8 Å². The highest BCUT2D eigenvalue weighted by atomic mass is 19.1. The van der Waals surface area contributed by atoms with E-state index in [0.717, 1.165) is 12.8 Å². The lowest BCUT2D eigenvalue weighted by atomic mass is 9.84. The molecule has 25 heavy (non-hydrogen) atoms. The molecule has 132 valence electrons. The van der Waals surface area contributed by atoms with Gasteiger partial charge in [0.2, 0.25) is 5.91 Å². The van der Waals surface area contributed by atoms with Gasteiger partial charge in [0.1, 0.15) is 11.6 Å². The van der Waals surface area contributed by atoms with Crippen molar-refractivity contribution < 1.29 is 18.7 Å². The largest absolute Gasteiger partial charge is 0.437 e. The number of pyridine rings is 1. The molecule has 0 N–H and O–H groups in total. The van der Waals surface area contributed by atoms with Gasteiger partial charge in [-0.3, -0.25) is 9.69 Å². The van der Waals surface area contributed by atoms with Crippen molar-refractivity contribution in [3.05, 3.63) is 24.1 Å². The van der Waals surface area contributed by atoms with Gasteiger partial charge >= 0.3 is 6.09 Å². The zero-order valence-corrected chi connectivity index (χ0v) is 13.7. The van der Waals surface area contributed by atoms with Gasteiger partial charge in [-0.15, -0.1) is 0 Å². The average molecular weight is 346 g/mol. The first-order valence-electron chi connectivity index (χ1n) is 8.71. The first kappa shape index (κ1) is 14.9. The summed E-state index contributed by atoms with van der Waals surface area (Å²) >= 11 is 0. The topological polar surface area (TPSA) is 66.0 Å². The Morgan fingerprint density at radius 3 is 2.76 bits per heavy atom. The van der Waals surface area contributed by atoms with E-state index in [0.29, 0.717) is 38.5 Å². The Morgan fingerprint density at radius 1 is 1.28 bits per heavy atom. The number of anilines is 1. The summed E-state index contributed by atoms with van der Waals surface area (Å²) in [4.78, 5) is 34.3. The van der Waals surface area contributed by atoms with Crippen LogP contribution in [-0.2, 0) is 9.53 Å². The zero-order valence-electron chi connectivity index (χ0n) is 13.7. The molecule has 1 atom stereocenters. The van der Waals surface area contributed by atoms with Crippen molar-refractivity contribution in [2.24, 2.45) is 5.92 Å². The molecular weight excluding hydrogens is 327 g/mol. The first-order chi connectivity index (χ1) is 12.1. The number of amides is 2. The standard InChI is InChI=1S/C17H19FN4O3/c18-12-3-4-14(19-7-12)21-9-17(10-21)13-8-20(15(23)11-1-2-11)5-6-22(13)16(24)25-17/h3-4,7,11,13H,1-2,5-6,8-10H2. The highest BCUT2D eigenvalue weighted by molar-refractivity contribution is 5.82. The predicted octanol–water partition coefficient (Wildman–Crippen LogP) is 0.852. The van der Waals surface area contributed by atoms with E-state index in [2.05, 4.69) is 4.98 Å². The summed E-state index contributed by atoms with van der Waals surface area (Å²) in [5.74, 6) is 0.689. The Balaban J connectivity index is 1.33. The van der Waals surface area contributed by atoms with E-state index in [4.69, 9.17) is 4.74 Å². The normalized spacial score (nSPS) is 27.2. The van der Waals surface area contributed by atoms with E-state index in [-0.39, 0.29) is 29.8 Å². The minimum Gasteiger partial charge on any atom is -0.437 e. The number of carbonyl (C=O) groups excluding carboxylic acids is 2. The number of piperazine rings is 1. The molecule has 1 aromatic rings. The lowest BCUT2D eigenvalue weighted by molar-refractivity contribution is -0.135. The van der Waals surface area contributed by atoms with Crippen LogP contribution in [0.1, 0.15) is 12.8 Å². The monoisotopic (exact) mass is 346 g/mol. The molecule has 0 bridgehead atoms. The predicted molar refractivity (Wildman–Crippen MR) is 85.4 cm³/mol. The van der Waals surface area contributed by atoms with Crippen LogP contribution in [0.2, 0.25) is 0 Å². The highest BCUT2D eigenvalue weighted by Crippen LogP contribution is 2.42. The summed E-state index contributed by atoms with van der Waals surface area (Å²) in [5.41, 5.74) is -0.602. The molecule has 1 aliphatic carbocycles. The maximum atomic E-state index is 13.0. The van der Waals surface area contributed by atoms with E-state index in [9.17, 15) is 14.0 Å². The first-order valence-corrected chi connectivity index (χ1v) is 8.71. The second-order valence-corrected chi connectivity index (χ2v) is 7.39. The quantitative estimate of drug-likeness (QED) is 0.794. The van der Waals surface area contributed by atoms with Crippen LogP contribution < -0.4 is 4.90 Å². The van der Waals surface area contributed by atoms with Gasteiger partial charge in [0, 0.05) is 25.6 Å². The molecule has 1 aromatic heterocycles. The molecule has 0 aromatic carbocycles. The van der Waals surface area contributed by atoms with Crippen LogP contribution in [0.3, 0.4) is 0 Å². The van der Waals surface area contributed by atoms with Crippen molar-refractivity contribution in [2.75, 3.05) is 37.6 Å². The number of halogens is 1. The summed E-state index contributed by atoms with van der Waals surface area (Å²) in [7, 11) is 0. The van der Waals surface area contributed by atoms with Gasteiger partial charge in [0.15, 0.2) is 5.60 Å². The maximum absolute atomic E-state index is 13.0. The number of fused-ring (bicyclic) bond motifs is 2. The van der Waals surface area contributed by atoms with Gasteiger partial charge in [-0.05, 0) is 25.0 Å². The Bertz CT molecular complexity index is 730. The molecule has 1 saturated carbocycles. The molecule has 8 heteroatoms. The van der Waals surface area contributed by atoms with Crippen molar-refractivity contribution in [3.63, 3.8) is 0 Å². The van der Waals surface area contributed by atoms with Gasteiger partial charge in [-0.25, -0.2) is 14.2 Å². The minimum absolute atomic E-state index is 0.117. The van der Waals surface area contributed by atoms with Crippen LogP contribution in [0.5, 0.6) is 0 Å². The van der Waals surface area contributed by atoms with Crippen LogP contribution in [-0.4, -0.2) is 71.2 Å². The van der Waals surface area contributed by atoms with E-state index in [1.54, 1.807) is 11.0 Å². The third kappa shape index (κ3) is 2.26. The molecule has 4 fully saturated rings. The number of nitrogens with zero attached hydrogens (tertiary/aromatic N) is 4. The number of ether oxygens (including phenoxy) is 1. The number of hydrogen-bond donors (Lipinski definition) is 0. The van der Waals surface area contributed by atoms with Crippen LogP contribution >= 0.6 is 0 Å². The maximum Gasteiger partial charge on any atom is 0.411 e. The Kier molecular flexibility index (Phi) is 3.02. The lowest BCUT2D eigenvalue weighted by Crippen LogP contribution is -2.71. The Morgan fingerprint density at radius 2 is 2.08 bits per heavy atom. The lowest BCUT2D eigenvalue weighted by Gasteiger charge is -2.51. The fourth-order valence-corrected chi connectivity index (χ4v) is 4.13. The summed E-state index contributed by atoms with van der Waals surface area (Å²) in [6.07, 6.45) is 2.85. The van der Waals surface area contributed by atoms with Gasteiger partial charge in [0.05, 0.1) is 25.3 Å². The molecule has 1 spiro atoms. The molecule has 1 unspecified atom stereocenters. The summed E-state index contributed by atoms with van der Waals surface area (Å²) in [6.45, 7) is 2.68. The van der Waals surface area contributed by atoms with Crippen molar-refractivity contribution in [2.45, 2.75) is 24.5 Å². The highest BCUT2D eigenvalue weighted by Gasteiger charge is 2.62. The molecule has 3 saturated heterocycles. The number of rotatable bonds is 2. The summed E-state index contributed by atoms with van der Waals surface area (Å²) in [5, 5.41) is 0.